The third kappa shape index (κ3) is 3.55. The second-order valence-electron chi connectivity index (χ2n) is 7.32. The van der Waals surface area contributed by atoms with Gasteiger partial charge in [-0.25, -0.2) is 0 Å². The van der Waals surface area contributed by atoms with Crippen LogP contribution in [0.1, 0.15) is 59.8 Å². The SMILES string of the molecule is CN(Cc1ccccc1N1CCCCC1)C(=O)c1cc(C2CC2)[nH]n1. The van der Waals surface area contributed by atoms with Crippen molar-refractivity contribution in [3.8, 4) is 0 Å². The van der Waals surface area contributed by atoms with Crippen molar-refractivity contribution in [2.45, 2.75) is 44.6 Å². The van der Waals surface area contributed by atoms with Gasteiger partial charge in [-0.3, -0.25) is 9.89 Å². The van der Waals surface area contributed by atoms with Gasteiger partial charge in [0.25, 0.3) is 5.91 Å². The Morgan fingerprint density at radius 2 is 2.00 bits per heavy atom. The van der Waals surface area contributed by atoms with Crippen LogP contribution in [0.2, 0.25) is 0 Å². The summed E-state index contributed by atoms with van der Waals surface area (Å²) in [6, 6.07) is 10.4. The van der Waals surface area contributed by atoms with Gasteiger partial charge < -0.3 is 9.80 Å². The van der Waals surface area contributed by atoms with Crippen LogP contribution in [0.3, 0.4) is 0 Å². The zero-order chi connectivity index (χ0) is 17.2. The summed E-state index contributed by atoms with van der Waals surface area (Å²) in [5, 5.41) is 7.25. The molecule has 1 saturated heterocycles. The number of H-pyrrole nitrogens is 1. The number of rotatable bonds is 5. The maximum absolute atomic E-state index is 12.7. The average molecular weight is 338 g/mol. The summed E-state index contributed by atoms with van der Waals surface area (Å²) >= 11 is 0. The number of amides is 1. The summed E-state index contributed by atoms with van der Waals surface area (Å²) in [7, 11) is 1.86. The van der Waals surface area contributed by atoms with E-state index in [-0.39, 0.29) is 5.91 Å². The van der Waals surface area contributed by atoms with Crippen LogP contribution in [0.4, 0.5) is 5.69 Å². The lowest BCUT2D eigenvalue weighted by Gasteiger charge is -2.31. The highest BCUT2D eigenvalue weighted by molar-refractivity contribution is 5.92. The standard InChI is InChI=1S/C20H26N4O/c1-23(20(25)18-13-17(21-22-18)15-9-10-15)14-16-7-3-4-8-19(16)24-11-5-2-6-12-24/h3-4,7-8,13,15H,2,5-6,9-12,14H2,1H3,(H,21,22). The minimum Gasteiger partial charge on any atom is -0.371 e. The Hall–Kier alpha value is -2.30. The number of nitrogens with one attached hydrogen (secondary N) is 1. The number of carbonyl (C=O) groups is 1. The monoisotopic (exact) mass is 338 g/mol. The Labute approximate surface area is 149 Å². The van der Waals surface area contributed by atoms with E-state index >= 15 is 0 Å². The van der Waals surface area contributed by atoms with Gasteiger partial charge in [-0.05, 0) is 49.8 Å². The summed E-state index contributed by atoms with van der Waals surface area (Å²) in [4.78, 5) is 17.0. The summed E-state index contributed by atoms with van der Waals surface area (Å²) in [5.41, 5.74) is 4.10. The number of carbonyl (C=O) groups excluding carboxylic acids is 1. The van der Waals surface area contributed by atoms with E-state index in [9.17, 15) is 4.79 Å². The van der Waals surface area contributed by atoms with Gasteiger partial charge in [0.05, 0.1) is 0 Å². The first-order valence-corrected chi connectivity index (χ1v) is 9.36. The van der Waals surface area contributed by atoms with E-state index in [0.717, 1.165) is 18.8 Å². The van der Waals surface area contributed by atoms with Gasteiger partial charge in [0.2, 0.25) is 0 Å². The van der Waals surface area contributed by atoms with Crippen molar-refractivity contribution in [1.29, 1.82) is 0 Å². The average Bonchev–Trinajstić information content (AvgIpc) is 3.39. The zero-order valence-electron chi connectivity index (χ0n) is 14.9. The van der Waals surface area contributed by atoms with Gasteiger partial charge in [0.1, 0.15) is 5.69 Å². The summed E-state index contributed by atoms with van der Waals surface area (Å²) in [6.45, 7) is 2.83. The highest BCUT2D eigenvalue weighted by Gasteiger charge is 2.27. The Morgan fingerprint density at radius 3 is 2.76 bits per heavy atom. The van der Waals surface area contributed by atoms with Crippen molar-refractivity contribution < 1.29 is 4.79 Å². The molecule has 2 fully saturated rings. The molecule has 4 rings (SSSR count). The number of nitrogens with zero attached hydrogens (tertiary/aromatic N) is 3. The molecule has 1 aliphatic heterocycles. The maximum Gasteiger partial charge on any atom is 0.274 e. The first-order chi connectivity index (χ1) is 12.2. The molecule has 2 aliphatic rings. The predicted molar refractivity (Wildman–Crippen MR) is 98.9 cm³/mol. The number of aromatic nitrogens is 2. The molecule has 1 aliphatic carbocycles. The molecule has 25 heavy (non-hydrogen) atoms. The second kappa shape index (κ2) is 6.90. The van der Waals surface area contributed by atoms with Gasteiger partial charge in [-0.15, -0.1) is 0 Å². The lowest BCUT2D eigenvalue weighted by atomic mass is 10.1. The lowest BCUT2D eigenvalue weighted by molar-refractivity contribution is 0.0779. The van der Waals surface area contributed by atoms with E-state index in [1.807, 2.05) is 13.1 Å². The Kier molecular flexibility index (Phi) is 4.47. The van der Waals surface area contributed by atoms with Crippen LogP contribution in [-0.2, 0) is 6.54 Å². The van der Waals surface area contributed by atoms with E-state index < -0.39 is 0 Å². The van der Waals surface area contributed by atoms with E-state index in [2.05, 4.69) is 39.4 Å². The van der Waals surface area contributed by atoms with Crippen LogP contribution in [-0.4, -0.2) is 41.1 Å². The molecule has 0 spiro atoms. The smallest absolute Gasteiger partial charge is 0.274 e. The third-order valence-corrected chi connectivity index (χ3v) is 5.28. The van der Waals surface area contributed by atoms with Gasteiger partial charge in [0.15, 0.2) is 0 Å². The molecular weight excluding hydrogens is 312 g/mol. The molecule has 1 aromatic carbocycles. The number of piperidine rings is 1. The van der Waals surface area contributed by atoms with Crippen LogP contribution in [0.15, 0.2) is 30.3 Å². The maximum atomic E-state index is 12.7. The number of hydrogen-bond donors (Lipinski definition) is 1. The summed E-state index contributed by atoms with van der Waals surface area (Å²) < 4.78 is 0. The number of hydrogen-bond acceptors (Lipinski definition) is 3. The largest absolute Gasteiger partial charge is 0.371 e. The lowest BCUT2D eigenvalue weighted by Crippen LogP contribution is -2.32. The molecule has 0 unspecified atom stereocenters. The van der Waals surface area contributed by atoms with Crippen LogP contribution in [0.25, 0.3) is 0 Å². The van der Waals surface area contributed by atoms with E-state index in [1.165, 1.54) is 43.4 Å². The van der Waals surface area contributed by atoms with Crippen molar-refractivity contribution in [2.75, 3.05) is 25.0 Å². The summed E-state index contributed by atoms with van der Waals surface area (Å²) in [6.07, 6.45) is 6.23. The number of benzene rings is 1. The molecule has 132 valence electrons. The van der Waals surface area contributed by atoms with Crippen LogP contribution >= 0.6 is 0 Å². The number of anilines is 1. The minimum atomic E-state index is -0.0170. The van der Waals surface area contributed by atoms with Gasteiger partial charge in [0, 0.05) is 44.0 Å². The van der Waals surface area contributed by atoms with Gasteiger partial charge in [-0.2, -0.15) is 5.10 Å². The molecule has 5 heteroatoms. The molecule has 0 bridgehead atoms. The Bertz CT molecular complexity index is 744. The fourth-order valence-corrected chi connectivity index (χ4v) is 3.66. The highest BCUT2D eigenvalue weighted by Crippen LogP contribution is 2.39. The van der Waals surface area contributed by atoms with E-state index in [0.29, 0.717) is 18.2 Å². The van der Waals surface area contributed by atoms with Gasteiger partial charge in [-0.1, -0.05) is 18.2 Å². The zero-order valence-corrected chi connectivity index (χ0v) is 14.9. The first-order valence-electron chi connectivity index (χ1n) is 9.36. The van der Waals surface area contributed by atoms with Gasteiger partial charge >= 0.3 is 0 Å². The quantitative estimate of drug-likeness (QED) is 0.907. The predicted octanol–water partition coefficient (Wildman–Crippen LogP) is 3.55. The fraction of sp³-hybridized carbons (Fsp3) is 0.500. The second-order valence-corrected chi connectivity index (χ2v) is 7.32. The first kappa shape index (κ1) is 16.2. The molecule has 5 nitrogen and oxygen atoms in total. The topological polar surface area (TPSA) is 52.2 Å². The van der Waals surface area contributed by atoms with Crippen LogP contribution < -0.4 is 4.90 Å². The van der Waals surface area contributed by atoms with Crippen molar-refractivity contribution >= 4 is 11.6 Å². The van der Waals surface area contributed by atoms with E-state index in [4.69, 9.17) is 0 Å². The molecule has 1 amide bonds. The molecule has 1 saturated carbocycles. The molecule has 1 aromatic heterocycles. The number of aromatic amines is 1. The summed E-state index contributed by atoms with van der Waals surface area (Å²) in [5.74, 6) is 0.566. The molecular formula is C20H26N4O. The highest BCUT2D eigenvalue weighted by atomic mass is 16.2. The third-order valence-electron chi connectivity index (χ3n) is 5.28. The molecule has 2 aromatic rings. The molecule has 0 radical (unpaired) electrons. The van der Waals surface area contributed by atoms with Crippen molar-refractivity contribution in [3.63, 3.8) is 0 Å². The molecule has 1 N–H and O–H groups in total. The Balaban J connectivity index is 1.47. The van der Waals surface area contributed by atoms with Crippen molar-refractivity contribution in [3.05, 3.63) is 47.3 Å². The fourth-order valence-electron chi connectivity index (χ4n) is 3.66. The van der Waals surface area contributed by atoms with Crippen molar-refractivity contribution in [2.24, 2.45) is 0 Å². The molecule has 2 heterocycles. The Morgan fingerprint density at radius 1 is 1.24 bits per heavy atom. The molecule has 0 atom stereocenters. The van der Waals surface area contributed by atoms with Crippen LogP contribution in [0.5, 0.6) is 0 Å². The van der Waals surface area contributed by atoms with Crippen LogP contribution in [0, 0.1) is 0 Å². The van der Waals surface area contributed by atoms with E-state index in [1.54, 1.807) is 4.90 Å². The number of para-hydroxylation sites is 1. The normalized spacial score (nSPS) is 17.6. The minimum absolute atomic E-state index is 0.0170. The van der Waals surface area contributed by atoms with Crippen molar-refractivity contribution in [1.82, 2.24) is 15.1 Å².